The molecule has 1 atom stereocenters. The van der Waals surface area contributed by atoms with Crippen molar-refractivity contribution in [2.24, 2.45) is 0 Å². The summed E-state index contributed by atoms with van der Waals surface area (Å²) >= 11 is 5.48. The van der Waals surface area contributed by atoms with Gasteiger partial charge in [-0.3, -0.25) is 4.79 Å². The Balaban J connectivity index is 2.58. The minimum Gasteiger partial charge on any atom is -0.346 e. The van der Waals surface area contributed by atoms with E-state index in [-0.39, 0.29) is 17.7 Å². The number of carbonyl (C=O) groups is 1. The molecule has 1 unspecified atom stereocenters. The Kier molecular flexibility index (Phi) is 3.74. The van der Waals surface area contributed by atoms with E-state index in [1.807, 2.05) is 20.0 Å². The normalized spacial score (nSPS) is 12.5. The summed E-state index contributed by atoms with van der Waals surface area (Å²) in [5.41, 5.74) is 0. The van der Waals surface area contributed by atoms with Gasteiger partial charge in [0.1, 0.15) is 5.01 Å². The third-order valence-corrected chi connectivity index (χ3v) is 2.91. The molecule has 1 aromatic heterocycles. The quantitative estimate of drug-likeness (QED) is 0.753. The molecule has 1 heterocycles. The highest BCUT2D eigenvalue weighted by atomic mass is 32.1. The zero-order chi connectivity index (χ0) is 9.84. The van der Waals surface area contributed by atoms with Crippen LogP contribution in [0.25, 0.3) is 0 Å². The summed E-state index contributed by atoms with van der Waals surface area (Å²) in [4.78, 5) is 16.3. The summed E-state index contributed by atoms with van der Waals surface area (Å²) in [6.07, 6.45) is 1.81. The smallest absolute Gasteiger partial charge is 0.230 e. The average molecular weight is 216 g/mol. The van der Waals surface area contributed by atoms with Gasteiger partial charge in [0.05, 0.1) is 11.8 Å². The van der Waals surface area contributed by atoms with E-state index in [0.717, 1.165) is 9.88 Å². The number of nitrogens with one attached hydrogen (secondary N) is 1. The van der Waals surface area contributed by atoms with Gasteiger partial charge < -0.3 is 5.32 Å². The Morgan fingerprint density at radius 3 is 3.00 bits per heavy atom. The van der Waals surface area contributed by atoms with Crippen molar-refractivity contribution in [2.75, 3.05) is 5.75 Å². The highest BCUT2D eigenvalue weighted by Gasteiger charge is 2.10. The van der Waals surface area contributed by atoms with Gasteiger partial charge in [-0.25, -0.2) is 4.98 Å². The molecule has 1 aromatic rings. The first-order chi connectivity index (χ1) is 6.13. The third-order valence-electron chi connectivity index (χ3n) is 1.53. The van der Waals surface area contributed by atoms with Gasteiger partial charge in [-0.15, -0.1) is 11.3 Å². The minimum absolute atomic E-state index is 0.0154. The standard InChI is InChI=1S/C8H12N2OS2/c1-5-3-9-8(13-5)6(2)10-7(11)4-12/h3,6,12H,4H2,1-2H3,(H,10,11). The number of rotatable bonds is 3. The molecule has 1 rings (SSSR count). The predicted molar refractivity (Wildman–Crippen MR) is 57.3 cm³/mol. The predicted octanol–water partition coefficient (Wildman–Crippen LogP) is 1.56. The molecule has 3 nitrogen and oxygen atoms in total. The molecule has 0 aliphatic rings. The Hall–Kier alpha value is -0.550. The molecule has 0 aromatic carbocycles. The van der Waals surface area contributed by atoms with Crippen LogP contribution in [-0.2, 0) is 4.79 Å². The molecule has 0 saturated heterocycles. The number of aromatic nitrogens is 1. The number of thiazole rings is 1. The maximum absolute atomic E-state index is 11.0. The second-order valence-corrected chi connectivity index (χ2v) is 4.34. The van der Waals surface area contributed by atoms with Crippen LogP contribution in [0.15, 0.2) is 6.20 Å². The summed E-state index contributed by atoms with van der Waals surface area (Å²) in [6.45, 7) is 3.91. The van der Waals surface area contributed by atoms with E-state index in [4.69, 9.17) is 0 Å². The van der Waals surface area contributed by atoms with Crippen LogP contribution in [-0.4, -0.2) is 16.6 Å². The van der Waals surface area contributed by atoms with Crippen molar-refractivity contribution >= 4 is 29.9 Å². The van der Waals surface area contributed by atoms with E-state index >= 15 is 0 Å². The Morgan fingerprint density at radius 1 is 1.85 bits per heavy atom. The van der Waals surface area contributed by atoms with Crippen LogP contribution in [0.4, 0.5) is 0 Å². The van der Waals surface area contributed by atoms with Crippen LogP contribution in [0.5, 0.6) is 0 Å². The van der Waals surface area contributed by atoms with Crippen molar-refractivity contribution in [1.29, 1.82) is 0 Å². The summed E-state index contributed by atoms with van der Waals surface area (Å²) in [6, 6.07) is -0.0154. The maximum atomic E-state index is 11.0. The van der Waals surface area contributed by atoms with Crippen LogP contribution in [0, 0.1) is 6.92 Å². The monoisotopic (exact) mass is 216 g/mol. The molecular formula is C8H12N2OS2. The van der Waals surface area contributed by atoms with Crippen molar-refractivity contribution in [2.45, 2.75) is 19.9 Å². The Bertz CT molecular complexity index is 298. The lowest BCUT2D eigenvalue weighted by molar-refractivity contribution is -0.119. The van der Waals surface area contributed by atoms with E-state index in [1.165, 1.54) is 0 Å². The molecule has 1 amide bonds. The molecule has 5 heteroatoms. The van der Waals surface area contributed by atoms with Crippen LogP contribution < -0.4 is 5.32 Å². The van der Waals surface area contributed by atoms with Crippen LogP contribution in [0.1, 0.15) is 22.9 Å². The summed E-state index contributed by atoms with van der Waals surface area (Å²) in [7, 11) is 0. The largest absolute Gasteiger partial charge is 0.346 e. The van der Waals surface area contributed by atoms with Crippen LogP contribution in [0.3, 0.4) is 0 Å². The van der Waals surface area contributed by atoms with Crippen molar-refractivity contribution in [1.82, 2.24) is 10.3 Å². The lowest BCUT2D eigenvalue weighted by Crippen LogP contribution is -2.27. The summed E-state index contributed by atoms with van der Waals surface area (Å²) in [5.74, 6) is 0.151. The van der Waals surface area contributed by atoms with Crippen LogP contribution >= 0.6 is 24.0 Å². The summed E-state index contributed by atoms with van der Waals surface area (Å²) in [5, 5.41) is 3.73. The van der Waals surface area contributed by atoms with Gasteiger partial charge in [0, 0.05) is 11.1 Å². The lowest BCUT2D eigenvalue weighted by Gasteiger charge is -2.09. The number of hydrogen-bond donors (Lipinski definition) is 2. The van der Waals surface area contributed by atoms with Crippen molar-refractivity contribution in [3.8, 4) is 0 Å². The molecule has 0 aliphatic heterocycles. The zero-order valence-corrected chi connectivity index (χ0v) is 9.28. The average Bonchev–Trinajstić information content (AvgIpc) is 2.51. The van der Waals surface area contributed by atoms with Gasteiger partial charge in [0.15, 0.2) is 0 Å². The fourth-order valence-electron chi connectivity index (χ4n) is 0.921. The zero-order valence-electron chi connectivity index (χ0n) is 7.57. The number of aryl methyl sites for hydroxylation is 1. The van der Waals surface area contributed by atoms with Gasteiger partial charge in [0.25, 0.3) is 0 Å². The molecule has 0 spiro atoms. The van der Waals surface area contributed by atoms with E-state index in [2.05, 4.69) is 22.9 Å². The van der Waals surface area contributed by atoms with Gasteiger partial charge in [0.2, 0.25) is 5.91 Å². The molecule has 13 heavy (non-hydrogen) atoms. The molecule has 0 fully saturated rings. The fourth-order valence-corrected chi connectivity index (χ4v) is 1.79. The highest BCUT2D eigenvalue weighted by molar-refractivity contribution is 7.81. The third kappa shape index (κ3) is 3.00. The Morgan fingerprint density at radius 2 is 2.54 bits per heavy atom. The summed E-state index contributed by atoms with van der Waals surface area (Å²) < 4.78 is 0. The molecule has 0 saturated carbocycles. The van der Waals surface area contributed by atoms with E-state index < -0.39 is 0 Å². The highest BCUT2D eigenvalue weighted by Crippen LogP contribution is 2.18. The lowest BCUT2D eigenvalue weighted by atomic mass is 10.3. The van der Waals surface area contributed by atoms with E-state index in [0.29, 0.717) is 0 Å². The molecule has 0 bridgehead atoms. The van der Waals surface area contributed by atoms with Crippen molar-refractivity contribution < 1.29 is 4.79 Å². The first-order valence-corrected chi connectivity index (χ1v) is 5.41. The molecule has 0 radical (unpaired) electrons. The number of amides is 1. The molecular weight excluding hydrogens is 204 g/mol. The van der Waals surface area contributed by atoms with Crippen molar-refractivity contribution in [3.63, 3.8) is 0 Å². The fraction of sp³-hybridized carbons (Fsp3) is 0.500. The minimum atomic E-state index is -0.0660. The van der Waals surface area contributed by atoms with Gasteiger partial charge in [-0.2, -0.15) is 12.6 Å². The number of carbonyl (C=O) groups excluding carboxylic acids is 1. The van der Waals surface area contributed by atoms with Gasteiger partial charge in [-0.1, -0.05) is 0 Å². The second kappa shape index (κ2) is 4.62. The molecule has 72 valence electrons. The second-order valence-electron chi connectivity index (χ2n) is 2.76. The topological polar surface area (TPSA) is 42.0 Å². The maximum Gasteiger partial charge on any atom is 0.230 e. The number of hydrogen-bond acceptors (Lipinski definition) is 4. The first-order valence-electron chi connectivity index (χ1n) is 3.96. The van der Waals surface area contributed by atoms with E-state index in [1.54, 1.807) is 11.3 Å². The van der Waals surface area contributed by atoms with Crippen molar-refractivity contribution in [3.05, 3.63) is 16.1 Å². The van der Waals surface area contributed by atoms with Gasteiger partial charge in [-0.05, 0) is 13.8 Å². The SMILES string of the molecule is Cc1cnc(C(C)NC(=O)CS)s1. The first kappa shape index (κ1) is 10.5. The molecule has 1 N–H and O–H groups in total. The number of nitrogens with zero attached hydrogens (tertiary/aromatic N) is 1. The van der Waals surface area contributed by atoms with E-state index in [9.17, 15) is 4.79 Å². The van der Waals surface area contributed by atoms with Gasteiger partial charge >= 0.3 is 0 Å². The van der Waals surface area contributed by atoms with Crippen LogP contribution in [0.2, 0.25) is 0 Å². The Labute approximate surface area is 87.0 Å². The number of thiol groups is 1. The molecule has 0 aliphatic carbocycles.